The molecule has 4 heteroatoms. The summed E-state index contributed by atoms with van der Waals surface area (Å²) in [6.07, 6.45) is 4.32. The van der Waals surface area contributed by atoms with Gasteiger partial charge in [0.25, 0.3) is 0 Å². The van der Waals surface area contributed by atoms with E-state index in [0.29, 0.717) is 0 Å². The minimum Gasteiger partial charge on any atom is -0.355 e. The van der Waals surface area contributed by atoms with E-state index in [4.69, 9.17) is 0 Å². The first-order chi connectivity index (χ1) is 8.83. The molecule has 1 fully saturated rings. The lowest BCUT2D eigenvalue weighted by atomic mass is 10.1. The van der Waals surface area contributed by atoms with Crippen LogP contribution in [-0.4, -0.2) is 28.3 Å². The van der Waals surface area contributed by atoms with Crippen LogP contribution in [0.2, 0.25) is 0 Å². The van der Waals surface area contributed by atoms with Gasteiger partial charge in [0.2, 0.25) is 0 Å². The van der Waals surface area contributed by atoms with Crippen molar-refractivity contribution in [2.75, 3.05) is 18.0 Å². The van der Waals surface area contributed by atoms with Crippen molar-refractivity contribution < 1.29 is 0 Å². The van der Waals surface area contributed by atoms with Gasteiger partial charge in [-0.05, 0) is 44.0 Å². The normalized spacial score (nSPS) is 15.1. The Bertz CT molecular complexity index is 530. The molecule has 4 nitrogen and oxygen atoms in total. The standard InChI is InChI=1S/C14H16N4/c1-11-10-12(6-7-15-11)13-4-5-14(17-16-13)18-8-2-3-9-18/h4-7,10H,2-3,8-9H2,1H3. The lowest BCUT2D eigenvalue weighted by Gasteiger charge is -2.15. The van der Waals surface area contributed by atoms with Gasteiger partial charge in [-0.3, -0.25) is 4.98 Å². The molecule has 0 unspecified atom stereocenters. The zero-order chi connectivity index (χ0) is 12.4. The first-order valence-corrected chi connectivity index (χ1v) is 6.35. The minimum absolute atomic E-state index is 0.906. The predicted octanol–water partition coefficient (Wildman–Crippen LogP) is 2.45. The fraction of sp³-hybridized carbons (Fsp3) is 0.357. The van der Waals surface area contributed by atoms with Crippen molar-refractivity contribution in [3.05, 3.63) is 36.2 Å². The molecule has 0 N–H and O–H groups in total. The van der Waals surface area contributed by atoms with E-state index < -0.39 is 0 Å². The molecule has 0 radical (unpaired) electrons. The van der Waals surface area contributed by atoms with Crippen molar-refractivity contribution in [2.24, 2.45) is 0 Å². The van der Waals surface area contributed by atoms with Gasteiger partial charge >= 0.3 is 0 Å². The number of rotatable bonds is 2. The summed E-state index contributed by atoms with van der Waals surface area (Å²) < 4.78 is 0. The van der Waals surface area contributed by atoms with E-state index in [1.807, 2.05) is 25.1 Å². The number of nitrogens with zero attached hydrogens (tertiary/aromatic N) is 4. The summed E-state index contributed by atoms with van der Waals surface area (Å²) in [5.74, 6) is 0.988. The van der Waals surface area contributed by atoms with Crippen molar-refractivity contribution in [2.45, 2.75) is 19.8 Å². The molecular formula is C14H16N4. The summed E-state index contributed by atoms with van der Waals surface area (Å²) in [5, 5.41) is 8.64. The van der Waals surface area contributed by atoms with Crippen molar-refractivity contribution in [3.63, 3.8) is 0 Å². The van der Waals surface area contributed by atoms with Crippen LogP contribution in [0.3, 0.4) is 0 Å². The molecule has 0 aliphatic carbocycles. The Morgan fingerprint density at radius 3 is 2.56 bits per heavy atom. The van der Waals surface area contributed by atoms with Gasteiger partial charge in [-0.1, -0.05) is 0 Å². The van der Waals surface area contributed by atoms with E-state index in [9.17, 15) is 0 Å². The van der Waals surface area contributed by atoms with Gasteiger partial charge in [0.15, 0.2) is 5.82 Å². The Labute approximate surface area is 107 Å². The molecule has 92 valence electrons. The van der Waals surface area contributed by atoms with Crippen molar-refractivity contribution in [3.8, 4) is 11.3 Å². The molecule has 18 heavy (non-hydrogen) atoms. The SMILES string of the molecule is Cc1cc(-c2ccc(N3CCCC3)nn2)ccn1. The highest BCUT2D eigenvalue weighted by Gasteiger charge is 2.13. The minimum atomic E-state index is 0.906. The molecule has 3 heterocycles. The van der Waals surface area contributed by atoms with Crippen LogP contribution in [0.5, 0.6) is 0 Å². The number of hydrogen-bond acceptors (Lipinski definition) is 4. The third-order valence-corrected chi connectivity index (χ3v) is 3.27. The van der Waals surface area contributed by atoms with E-state index >= 15 is 0 Å². The summed E-state index contributed by atoms with van der Waals surface area (Å²) in [6, 6.07) is 8.09. The van der Waals surface area contributed by atoms with Gasteiger partial charge in [-0.15, -0.1) is 10.2 Å². The lowest BCUT2D eigenvalue weighted by Crippen LogP contribution is -2.19. The van der Waals surface area contributed by atoms with Crippen LogP contribution in [0.15, 0.2) is 30.5 Å². The average molecular weight is 240 g/mol. The largest absolute Gasteiger partial charge is 0.355 e. The molecule has 3 rings (SSSR count). The second-order valence-corrected chi connectivity index (χ2v) is 4.66. The number of hydrogen-bond donors (Lipinski definition) is 0. The van der Waals surface area contributed by atoms with E-state index in [2.05, 4.69) is 26.1 Å². The Balaban J connectivity index is 1.86. The highest BCUT2D eigenvalue weighted by molar-refractivity contribution is 5.59. The van der Waals surface area contributed by atoms with Crippen LogP contribution in [0.25, 0.3) is 11.3 Å². The Kier molecular flexibility index (Phi) is 2.92. The molecule has 0 amide bonds. The predicted molar refractivity (Wildman–Crippen MR) is 71.4 cm³/mol. The number of aromatic nitrogens is 3. The third kappa shape index (κ3) is 2.18. The van der Waals surface area contributed by atoms with Gasteiger partial charge in [-0.2, -0.15) is 0 Å². The molecule has 0 saturated carbocycles. The van der Waals surface area contributed by atoms with Gasteiger partial charge < -0.3 is 4.90 Å². The first kappa shape index (κ1) is 11.1. The fourth-order valence-electron chi connectivity index (χ4n) is 2.30. The van der Waals surface area contributed by atoms with Crippen LogP contribution in [0, 0.1) is 6.92 Å². The van der Waals surface area contributed by atoms with Crippen LogP contribution in [-0.2, 0) is 0 Å². The molecule has 1 aliphatic heterocycles. The zero-order valence-electron chi connectivity index (χ0n) is 10.5. The van der Waals surface area contributed by atoms with E-state index in [1.54, 1.807) is 6.20 Å². The molecule has 0 bridgehead atoms. The van der Waals surface area contributed by atoms with Crippen molar-refractivity contribution in [1.29, 1.82) is 0 Å². The number of anilines is 1. The number of pyridine rings is 1. The fourth-order valence-corrected chi connectivity index (χ4v) is 2.30. The molecule has 1 saturated heterocycles. The van der Waals surface area contributed by atoms with Crippen LogP contribution < -0.4 is 4.90 Å². The maximum absolute atomic E-state index is 4.32. The van der Waals surface area contributed by atoms with E-state index in [-0.39, 0.29) is 0 Å². The Morgan fingerprint density at radius 2 is 1.89 bits per heavy atom. The molecule has 0 spiro atoms. The topological polar surface area (TPSA) is 41.9 Å². The summed E-state index contributed by atoms with van der Waals surface area (Å²) in [5.41, 5.74) is 2.98. The summed E-state index contributed by atoms with van der Waals surface area (Å²) in [7, 11) is 0. The molecule has 0 aromatic carbocycles. The van der Waals surface area contributed by atoms with Crippen molar-refractivity contribution in [1.82, 2.24) is 15.2 Å². The molecule has 1 aliphatic rings. The summed E-state index contributed by atoms with van der Waals surface area (Å²) >= 11 is 0. The summed E-state index contributed by atoms with van der Waals surface area (Å²) in [6.45, 7) is 4.18. The van der Waals surface area contributed by atoms with Gasteiger partial charge in [0, 0.05) is 30.5 Å². The zero-order valence-corrected chi connectivity index (χ0v) is 10.5. The average Bonchev–Trinajstić information content (AvgIpc) is 2.93. The Hall–Kier alpha value is -1.97. The smallest absolute Gasteiger partial charge is 0.151 e. The molecule has 2 aromatic rings. The monoisotopic (exact) mass is 240 g/mol. The Morgan fingerprint density at radius 1 is 1.06 bits per heavy atom. The highest BCUT2D eigenvalue weighted by atomic mass is 15.3. The first-order valence-electron chi connectivity index (χ1n) is 6.35. The third-order valence-electron chi connectivity index (χ3n) is 3.27. The van der Waals surface area contributed by atoms with Gasteiger partial charge in [0.1, 0.15) is 0 Å². The maximum Gasteiger partial charge on any atom is 0.151 e. The number of aryl methyl sites for hydroxylation is 1. The summed E-state index contributed by atoms with van der Waals surface area (Å²) in [4.78, 5) is 6.48. The van der Waals surface area contributed by atoms with Crippen LogP contribution in [0.4, 0.5) is 5.82 Å². The lowest BCUT2D eigenvalue weighted by molar-refractivity contribution is 0.896. The van der Waals surface area contributed by atoms with Crippen LogP contribution >= 0.6 is 0 Å². The van der Waals surface area contributed by atoms with Crippen LogP contribution in [0.1, 0.15) is 18.5 Å². The molecular weight excluding hydrogens is 224 g/mol. The van der Waals surface area contributed by atoms with Crippen molar-refractivity contribution >= 4 is 5.82 Å². The second-order valence-electron chi connectivity index (χ2n) is 4.66. The molecule has 0 atom stereocenters. The molecule has 2 aromatic heterocycles. The second kappa shape index (κ2) is 4.72. The maximum atomic E-state index is 4.32. The van der Waals surface area contributed by atoms with Gasteiger partial charge in [-0.25, -0.2) is 0 Å². The quantitative estimate of drug-likeness (QED) is 0.808. The van der Waals surface area contributed by atoms with Gasteiger partial charge in [0.05, 0.1) is 5.69 Å². The van der Waals surface area contributed by atoms with E-state index in [1.165, 1.54) is 12.8 Å². The highest BCUT2D eigenvalue weighted by Crippen LogP contribution is 2.20. The van der Waals surface area contributed by atoms with E-state index in [0.717, 1.165) is 35.9 Å².